The number of esters is 1. The maximum atomic E-state index is 11.5. The van der Waals surface area contributed by atoms with Gasteiger partial charge in [-0.2, -0.15) is 0 Å². The summed E-state index contributed by atoms with van der Waals surface area (Å²) < 4.78 is 24.2. The molecule has 0 aliphatic heterocycles. The summed E-state index contributed by atoms with van der Waals surface area (Å²) in [6.45, 7) is 16.1. The van der Waals surface area contributed by atoms with E-state index >= 15 is 0 Å². The lowest BCUT2D eigenvalue weighted by Crippen LogP contribution is -2.63. The molecule has 0 heterocycles. The van der Waals surface area contributed by atoms with Crippen LogP contribution in [0.15, 0.2) is 25.3 Å². The highest BCUT2D eigenvalue weighted by molar-refractivity contribution is 5.81. The average Bonchev–Trinajstić information content (AvgIpc) is 3.26. The van der Waals surface area contributed by atoms with Gasteiger partial charge in [0.1, 0.15) is 0 Å². The van der Waals surface area contributed by atoms with Crippen molar-refractivity contribution < 1.29 is 23.7 Å². The van der Waals surface area contributed by atoms with E-state index in [2.05, 4.69) is 33.9 Å². The second-order valence-corrected chi connectivity index (χ2v) is 13.0. The van der Waals surface area contributed by atoms with Crippen LogP contribution in [0.5, 0.6) is 0 Å². The molecule has 0 radical (unpaired) electrons. The molecule has 210 valence electrons. The molecule has 5 nitrogen and oxygen atoms in total. The van der Waals surface area contributed by atoms with E-state index in [0.29, 0.717) is 66.3 Å². The quantitative estimate of drug-likeness (QED) is 0.134. The number of rotatable bonds is 11. The standard InChI is InChI=1S/C32H52O5/c1-8-16-36-28-20-26-30(27(35-7)19-22-18-23(34-6)14-15-31(22,26)4)25-13-12-24(32(25,28)5)21(3)11-10-17-37-29(33)9-2/h8-9,21-28,30H,1-2,10-20H2,3-7H3/t21-,22+,23-,24-,25+,26+,27-,28+,30+,31+,32-/m1/s1. The number of fused-ring (bicyclic) bond motifs is 5. The second kappa shape index (κ2) is 11.9. The topological polar surface area (TPSA) is 54.0 Å². The van der Waals surface area contributed by atoms with Gasteiger partial charge >= 0.3 is 5.97 Å². The maximum Gasteiger partial charge on any atom is 0.330 e. The zero-order valence-electron chi connectivity index (χ0n) is 24.1. The molecule has 0 unspecified atom stereocenters. The number of carbonyl (C=O) groups excluding carboxylic acids is 1. The molecular formula is C32H52O5. The van der Waals surface area contributed by atoms with E-state index in [4.69, 9.17) is 18.9 Å². The van der Waals surface area contributed by atoms with E-state index in [1.54, 1.807) is 0 Å². The molecule has 0 N–H and O–H groups in total. The van der Waals surface area contributed by atoms with Crippen molar-refractivity contribution in [1.29, 1.82) is 0 Å². The third-order valence-electron chi connectivity index (χ3n) is 11.7. The first-order chi connectivity index (χ1) is 17.7. The normalized spacial score (nSPS) is 43.7. The van der Waals surface area contributed by atoms with Crippen molar-refractivity contribution in [1.82, 2.24) is 0 Å². The average molecular weight is 517 g/mol. The van der Waals surface area contributed by atoms with Crippen LogP contribution in [-0.2, 0) is 23.7 Å². The lowest BCUT2D eigenvalue weighted by Gasteiger charge is -2.64. The molecule has 4 fully saturated rings. The molecule has 4 aliphatic rings. The lowest BCUT2D eigenvalue weighted by atomic mass is 9.43. The third kappa shape index (κ3) is 5.22. The minimum atomic E-state index is -0.328. The van der Waals surface area contributed by atoms with Crippen molar-refractivity contribution in [2.75, 3.05) is 27.4 Å². The van der Waals surface area contributed by atoms with E-state index in [0.717, 1.165) is 32.1 Å². The van der Waals surface area contributed by atoms with Gasteiger partial charge in [0.2, 0.25) is 0 Å². The Bertz CT molecular complexity index is 811. The molecule has 4 rings (SSSR count). The van der Waals surface area contributed by atoms with Crippen molar-refractivity contribution >= 4 is 5.97 Å². The van der Waals surface area contributed by atoms with Gasteiger partial charge in [0, 0.05) is 25.7 Å². The van der Waals surface area contributed by atoms with Crippen molar-refractivity contribution in [3.8, 4) is 0 Å². The number of carbonyl (C=O) groups is 1. The maximum absolute atomic E-state index is 11.5. The molecule has 0 amide bonds. The molecular weight excluding hydrogens is 464 g/mol. The Hall–Kier alpha value is -1.17. The third-order valence-corrected chi connectivity index (χ3v) is 11.7. The highest BCUT2D eigenvalue weighted by atomic mass is 16.5. The molecule has 0 aromatic heterocycles. The van der Waals surface area contributed by atoms with Crippen molar-refractivity contribution in [2.24, 2.45) is 46.3 Å². The zero-order valence-corrected chi connectivity index (χ0v) is 24.1. The molecule has 37 heavy (non-hydrogen) atoms. The van der Waals surface area contributed by atoms with Gasteiger partial charge in [-0.05, 0) is 98.7 Å². The van der Waals surface area contributed by atoms with Crippen LogP contribution in [0.3, 0.4) is 0 Å². The fourth-order valence-corrected chi connectivity index (χ4v) is 9.80. The van der Waals surface area contributed by atoms with Gasteiger partial charge in [-0.15, -0.1) is 6.58 Å². The first kappa shape index (κ1) is 28.8. The van der Waals surface area contributed by atoms with Crippen LogP contribution in [0.1, 0.15) is 78.6 Å². The smallest absolute Gasteiger partial charge is 0.330 e. The molecule has 0 spiro atoms. The van der Waals surface area contributed by atoms with Crippen LogP contribution in [-0.4, -0.2) is 51.7 Å². The van der Waals surface area contributed by atoms with Crippen molar-refractivity contribution in [3.63, 3.8) is 0 Å². The number of ether oxygens (including phenoxy) is 4. The Balaban J connectivity index is 1.59. The highest BCUT2D eigenvalue weighted by Crippen LogP contribution is 2.69. The minimum Gasteiger partial charge on any atom is -0.463 e. The largest absolute Gasteiger partial charge is 0.463 e. The fraction of sp³-hybridized carbons (Fsp3) is 0.844. The molecule has 4 saturated carbocycles. The predicted molar refractivity (Wildman–Crippen MR) is 147 cm³/mol. The van der Waals surface area contributed by atoms with E-state index < -0.39 is 0 Å². The van der Waals surface area contributed by atoms with Crippen LogP contribution < -0.4 is 0 Å². The lowest BCUT2D eigenvalue weighted by molar-refractivity contribution is -0.221. The van der Waals surface area contributed by atoms with Crippen LogP contribution in [0.4, 0.5) is 0 Å². The van der Waals surface area contributed by atoms with Crippen LogP contribution in [0, 0.1) is 46.3 Å². The van der Waals surface area contributed by atoms with Gasteiger partial charge in [0.25, 0.3) is 0 Å². The van der Waals surface area contributed by atoms with E-state index in [9.17, 15) is 4.79 Å². The van der Waals surface area contributed by atoms with Gasteiger partial charge in [-0.1, -0.05) is 33.4 Å². The monoisotopic (exact) mass is 516 g/mol. The summed E-state index contributed by atoms with van der Waals surface area (Å²) in [7, 11) is 3.82. The first-order valence-corrected chi connectivity index (χ1v) is 14.8. The number of hydrogen-bond acceptors (Lipinski definition) is 5. The number of methoxy groups -OCH3 is 2. The molecule has 0 saturated heterocycles. The minimum absolute atomic E-state index is 0.116. The summed E-state index contributed by atoms with van der Waals surface area (Å²) in [5, 5.41) is 0. The predicted octanol–water partition coefficient (Wildman–Crippen LogP) is 6.61. The van der Waals surface area contributed by atoms with Crippen LogP contribution >= 0.6 is 0 Å². The summed E-state index contributed by atoms with van der Waals surface area (Å²) in [6, 6.07) is 0. The van der Waals surface area contributed by atoms with E-state index in [1.165, 1.54) is 31.8 Å². The Morgan fingerprint density at radius 3 is 2.51 bits per heavy atom. The van der Waals surface area contributed by atoms with Gasteiger partial charge < -0.3 is 18.9 Å². The van der Waals surface area contributed by atoms with Gasteiger partial charge in [0.15, 0.2) is 0 Å². The van der Waals surface area contributed by atoms with Crippen LogP contribution in [0.25, 0.3) is 0 Å². The summed E-state index contributed by atoms with van der Waals surface area (Å²) in [5.74, 6) is 3.28. The first-order valence-electron chi connectivity index (χ1n) is 14.8. The summed E-state index contributed by atoms with van der Waals surface area (Å²) in [5.41, 5.74) is 0.440. The Labute approximate surface area is 225 Å². The molecule has 4 aliphatic carbocycles. The molecule has 0 bridgehead atoms. The fourth-order valence-electron chi connectivity index (χ4n) is 9.80. The molecule has 5 heteroatoms. The van der Waals surface area contributed by atoms with Crippen molar-refractivity contribution in [3.05, 3.63) is 25.3 Å². The summed E-state index contributed by atoms with van der Waals surface area (Å²) in [4.78, 5) is 11.5. The van der Waals surface area contributed by atoms with Gasteiger partial charge in [0.05, 0.1) is 31.5 Å². The molecule has 0 aromatic rings. The highest BCUT2D eigenvalue weighted by Gasteiger charge is 2.66. The van der Waals surface area contributed by atoms with Crippen molar-refractivity contribution in [2.45, 2.75) is 96.9 Å². The van der Waals surface area contributed by atoms with E-state index in [1.807, 2.05) is 20.3 Å². The number of hydrogen-bond donors (Lipinski definition) is 0. The molecule has 0 aromatic carbocycles. The second-order valence-electron chi connectivity index (χ2n) is 13.0. The SMILES string of the molecule is C=CCO[C@H]1C[C@H]2[C@@H]([C@H](OC)C[C@@H]3C[C@H](OC)CC[C@@]32C)[C@@H]2CC[C@H]([C@H](C)CCCOC(=O)C=C)[C@@]12C. The Morgan fingerprint density at radius 1 is 1.05 bits per heavy atom. The Kier molecular flexibility index (Phi) is 9.29. The van der Waals surface area contributed by atoms with E-state index in [-0.39, 0.29) is 17.5 Å². The van der Waals surface area contributed by atoms with Gasteiger partial charge in [-0.3, -0.25) is 0 Å². The summed E-state index contributed by atoms with van der Waals surface area (Å²) >= 11 is 0. The van der Waals surface area contributed by atoms with Crippen LogP contribution in [0.2, 0.25) is 0 Å². The summed E-state index contributed by atoms with van der Waals surface area (Å²) in [6.07, 6.45) is 14.4. The zero-order chi connectivity index (χ0) is 26.8. The molecule has 11 atom stereocenters. The Morgan fingerprint density at radius 2 is 1.84 bits per heavy atom. The van der Waals surface area contributed by atoms with Gasteiger partial charge in [-0.25, -0.2) is 4.79 Å².